The van der Waals surface area contributed by atoms with Crippen molar-refractivity contribution in [3.63, 3.8) is 0 Å². The van der Waals surface area contributed by atoms with Gasteiger partial charge in [0.15, 0.2) is 5.78 Å². The second-order valence-electron chi connectivity index (χ2n) is 12.4. The van der Waals surface area contributed by atoms with Crippen LogP contribution in [0, 0.1) is 5.92 Å². The number of aliphatic carboxylic acids is 1. The average molecular weight is 636 g/mol. The first kappa shape index (κ1) is 41.7. The summed E-state index contributed by atoms with van der Waals surface area (Å²) in [7, 11) is 0. The lowest BCUT2D eigenvalue weighted by Gasteiger charge is -2.33. The number of nitrogens with one attached hydrogen (secondary N) is 3. The van der Waals surface area contributed by atoms with E-state index in [4.69, 9.17) is 9.47 Å². The number of unbranched alkanes of at least 4 members (excludes halogenated alkanes) is 1. The molecule has 256 valence electrons. The van der Waals surface area contributed by atoms with E-state index in [9.17, 15) is 29.1 Å². The van der Waals surface area contributed by atoms with E-state index in [2.05, 4.69) is 16.0 Å². The van der Waals surface area contributed by atoms with Gasteiger partial charge < -0.3 is 30.5 Å². The molecule has 1 aromatic carbocycles. The van der Waals surface area contributed by atoms with Gasteiger partial charge in [-0.05, 0) is 71.9 Å². The summed E-state index contributed by atoms with van der Waals surface area (Å²) >= 11 is 0. The van der Waals surface area contributed by atoms with Crippen LogP contribution in [0.1, 0.15) is 112 Å². The Balaban J connectivity index is 0.00000103. The lowest BCUT2D eigenvalue weighted by molar-refractivity contribution is -0.162. The summed E-state index contributed by atoms with van der Waals surface area (Å²) in [5, 5.41) is 16.9. The predicted molar refractivity (Wildman–Crippen MR) is 175 cm³/mol. The fraction of sp³-hybridized carbons (Fsp3) is 0.676. The van der Waals surface area contributed by atoms with E-state index in [1.807, 2.05) is 48.5 Å². The van der Waals surface area contributed by atoms with E-state index in [1.54, 1.807) is 44.2 Å². The minimum Gasteiger partial charge on any atom is -0.480 e. The number of hydrogen-bond donors (Lipinski definition) is 4. The first-order valence-electron chi connectivity index (χ1n) is 16.0. The molecule has 3 amide bonds. The Bertz CT molecular complexity index is 1050. The van der Waals surface area contributed by atoms with Crippen molar-refractivity contribution >= 4 is 29.5 Å². The molecule has 1 rings (SSSR count). The summed E-state index contributed by atoms with van der Waals surface area (Å²) in [6, 6.07) is 5.74. The van der Waals surface area contributed by atoms with E-state index >= 15 is 0 Å². The highest BCUT2D eigenvalue weighted by Crippen LogP contribution is 2.23. The highest BCUT2D eigenvalue weighted by Gasteiger charge is 2.40. The second kappa shape index (κ2) is 20.7. The number of ether oxygens (including phenoxy) is 2. The lowest BCUT2D eigenvalue weighted by atomic mass is 9.90. The van der Waals surface area contributed by atoms with E-state index in [0.29, 0.717) is 31.6 Å². The number of benzene rings is 1. The minimum atomic E-state index is -1.11. The van der Waals surface area contributed by atoms with Gasteiger partial charge in [-0.1, -0.05) is 65.7 Å². The van der Waals surface area contributed by atoms with Gasteiger partial charge in [-0.2, -0.15) is 0 Å². The van der Waals surface area contributed by atoms with Gasteiger partial charge in [0.1, 0.15) is 29.3 Å². The number of carboxylic acids is 1. The summed E-state index contributed by atoms with van der Waals surface area (Å²) < 4.78 is 11.2. The van der Waals surface area contributed by atoms with Gasteiger partial charge in [0, 0.05) is 18.8 Å². The molecule has 0 bridgehead atoms. The molecule has 1 aromatic rings. The zero-order valence-electron chi connectivity index (χ0n) is 29.0. The maximum atomic E-state index is 12.6. The minimum absolute atomic E-state index is 0.00176. The quantitative estimate of drug-likeness (QED) is 0.171. The molecule has 0 aliphatic rings. The third kappa shape index (κ3) is 15.5. The highest BCUT2D eigenvalue weighted by molar-refractivity contribution is 5.98. The normalized spacial score (nSPS) is 13.5. The number of amides is 3. The molecule has 11 nitrogen and oxygen atoms in total. The Morgan fingerprint density at radius 3 is 1.69 bits per heavy atom. The van der Waals surface area contributed by atoms with Crippen LogP contribution >= 0.6 is 0 Å². The van der Waals surface area contributed by atoms with E-state index < -0.39 is 47.1 Å². The van der Waals surface area contributed by atoms with Crippen molar-refractivity contribution in [2.75, 3.05) is 13.2 Å². The molecule has 0 aromatic heterocycles. The molecule has 3 atom stereocenters. The van der Waals surface area contributed by atoms with E-state index in [-0.39, 0.29) is 17.6 Å². The molecule has 0 saturated carbocycles. The van der Waals surface area contributed by atoms with Crippen LogP contribution < -0.4 is 16.0 Å². The summed E-state index contributed by atoms with van der Waals surface area (Å²) in [5.41, 5.74) is -1.11. The Labute approximate surface area is 269 Å². The van der Waals surface area contributed by atoms with Gasteiger partial charge in [0.2, 0.25) is 11.8 Å². The Morgan fingerprint density at radius 1 is 0.756 bits per heavy atom. The predicted octanol–water partition coefficient (Wildman–Crippen LogP) is 4.67. The molecule has 4 N–H and O–H groups in total. The molecule has 11 heteroatoms. The third-order valence-electron chi connectivity index (χ3n) is 6.91. The molecular weight excluding hydrogens is 578 g/mol. The van der Waals surface area contributed by atoms with Crippen LogP contribution in [-0.2, 0) is 28.7 Å². The molecule has 0 heterocycles. The zero-order valence-corrected chi connectivity index (χ0v) is 29.0. The summed E-state index contributed by atoms with van der Waals surface area (Å²) in [6.07, 6.45) is 3.61. The number of ketones is 1. The summed E-state index contributed by atoms with van der Waals surface area (Å²) in [6.45, 7) is 19.5. The van der Waals surface area contributed by atoms with Crippen LogP contribution in [0.2, 0.25) is 0 Å². The first-order valence-corrected chi connectivity index (χ1v) is 16.0. The van der Waals surface area contributed by atoms with Crippen LogP contribution in [0.25, 0.3) is 0 Å². The van der Waals surface area contributed by atoms with Crippen molar-refractivity contribution in [3.8, 4) is 0 Å². The Kier molecular flexibility index (Phi) is 19.1. The number of Topliss-reactive ketones (excluding diaryl/α,β-unsaturated/α-hetero) is 1. The van der Waals surface area contributed by atoms with Gasteiger partial charge >= 0.3 is 5.97 Å². The van der Waals surface area contributed by atoms with Crippen molar-refractivity contribution in [3.05, 3.63) is 35.9 Å². The van der Waals surface area contributed by atoms with Gasteiger partial charge in [-0.25, -0.2) is 4.79 Å². The van der Waals surface area contributed by atoms with Gasteiger partial charge in [0.05, 0.1) is 0 Å². The Morgan fingerprint density at radius 2 is 1.27 bits per heavy atom. The van der Waals surface area contributed by atoms with E-state index in [0.717, 1.165) is 19.3 Å². The van der Waals surface area contributed by atoms with Crippen LogP contribution in [0.4, 0.5) is 0 Å². The van der Waals surface area contributed by atoms with Crippen LogP contribution in [0.15, 0.2) is 30.3 Å². The van der Waals surface area contributed by atoms with Crippen LogP contribution in [0.5, 0.6) is 0 Å². The van der Waals surface area contributed by atoms with Crippen molar-refractivity contribution in [2.45, 2.75) is 131 Å². The van der Waals surface area contributed by atoms with E-state index in [1.165, 1.54) is 6.92 Å². The third-order valence-corrected chi connectivity index (χ3v) is 6.91. The van der Waals surface area contributed by atoms with Crippen molar-refractivity contribution < 1.29 is 38.6 Å². The molecule has 0 radical (unpaired) electrons. The maximum Gasteiger partial charge on any atom is 0.326 e. The molecule has 0 fully saturated rings. The molecule has 0 aliphatic carbocycles. The molecule has 0 aliphatic heterocycles. The molecule has 45 heavy (non-hydrogen) atoms. The van der Waals surface area contributed by atoms with Gasteiger partial charge in [-0.3, -0.25) is 19.2 Å². The molecule has 0 saturated heterocycles. The summed E-state index contributed by atoms with van der Waals surface area (Å²) in [4.78, 5) is 60.9. The Hall–Kier alpha value is -3.31. The number of carbonyl (C=O) groups excluding carboxylic acids is 4. The smallest absolute Gasteiger partial charge is 0.326 e. The SMILES string of the molecule is CCCC[C@H](NC(=O)[C@H](C)NC(=O)[C@@H](NC(=O)c1ccccc1)C(C)C)C(=O)O.CCCOC(C)(C)C(=O)C(C)(C)OCCC. The number of rotatable bonds is 19. The fourth-order valence-electron chi connectivity index (χ4n) is 4.25. The van der Waals surface area contributed by atoms with Gasteiger partial charge in [-0.15, -0.1) is 0 Å². The monoisotopic (exact) mass is 635 g/mol. The zero-order chi connectivity index (χ0) is 34.8. The number of carbonyl (C=O) groups is 5. The number of hydrogen-bond acceptors (Lipinski definition) is 7. The molecular formula is C34H57N3O8. The summed E-state index contributed by atoms with van der Waals surface area (Å²) in [5.74, 6) is -2.80. The van der Waals surface area contributed by atoms with Crippen molar-refractivity contribution in [2.24, 2.45) is 5.92 Å². The highest BCUT2D eigenvalue weighted by atomic mass is 16.5. The maximum absolute atomic E-state index is 12.6. The average Bonchev–Trinajstić information content (AvgIpc) is 2.99. The first-order chi connectivity index (χ1) is 20.9. The van der Waals surface area contributed by atoms with Crippen molar-refractivity contribution in [1.29, 1.82) is 0 Å². The van der Waals surface area contributed by atoms with Crippen LogP contribution in [-0.4, -0.2) is 77.1 Å². The van der Waals surface area contributed by atoms with Crippen molar-refractivity contribution in [1.82, 2.24) is 16.0 Å². The molecule has 0 spiro atoms. The number of carboxylic acid groups (broad SMARTS) is 1. The fourth-order valence-corrected chi connectivity index (χ4v) is 4.25. The standard InChI is InChI=1S/C21H31N3O5.C13H26O3/c1-5-6-12-16(21(28)29)23-18(25)14(4)22-20(27)17(13(2)3)24-19(26)15-10-8-7-9-11-15;1-7-9-15-12(3,4)11(14)13(5,6)16-10-8-2/h7-11,13-14,16-17H,5-6,12H2,1-4H3,(H,22,27)(H,23,25)(H,24,26)(H,28,29);7-10H2,1-6H3/t14-,16-,17-;/m0./s1. The second-order valence-corrected chi connectivity index (χ2v) is 12.4. The van der Waals surface area contributed by atoms with Gasteiger partial charge in [0.25, 0.3) is 5.91 Å². The largest absolute Gasteiger partial charge is 0.480 e. The molecule has 0 unspecified atom stereocenters. The topological polar surface area (TPSA) is 160 Å². The van der Waals surface area contributed by atoms with Crippen LogP contribution in [0.3, 0.4) is 0 Å². The lowest BCUT2D eigenvalue weighted by Crippen LogP contribution is -2.56.